The van der Waals surface area contributed by atoms with Gasteiger partial charge in [0.1, 0.15) is 0 Å². The summed E-state index contributed by atoms with van der Waals surface area (Å²) in [6, 6.07) is 14.2. The number of para-hydroxylation sites is 2. The molecule has 1 aromatic heterocycles. The van der Waals surface area contributed by atoms with Crippen LogP contribution in [0, 0.1) is 0 Å². The molecular formula is C22H20ClN3O2S. The molecule has 3 aromatic rings. The van der Waals surface area contributed by atoms with Crippen LogP contribution < -0.4 is 5.56 Å². The Balaban J connectivity index is 2.04. The van der Waals surface area contributed by atoms with Gasteiger partial charge in [-0.15, -0.1) is 13.2 Å². The summed E-state index contributed by atoms with van der Waals surface area (Å²) in [6.45, 7) is 8.22. The first-order valence-corrected chi connectivity index (χ1v) is 10.3. The molecule has 0 saturated heterocycles. The molecule has 0 spiro atoms. The molecule has 0 bridgehead atoms. The number of thioether (sulfide) groups is 1. The minimum absolute atomic E-state index is 0.0945. The van der Waals surface area contributed by atoms with E-state index >= 15 is 0 Å². The molecule has 0 aliphatic carbocycles. The van der Waals surface area contributed by atoms with E-state index in [-0.39, 0.29) is 17.2 Å². The molecule has 0 saturated carbocycles. The second-order valence-corrected chi connectivity index (χ2v) is 7.52. The molecule has 0 atom stereocenters. The predicted molar refractivity (Wildman–Crippen MR) is 120 cm³/mol. The summed E-state index contributed by atoms with van der Waals surface area (Å²) in [5.74, 6) is 0.0274. The van der Waals surface area contributed by atoms with Gasteiger partial charge in [-0.05, 0) is 24.3 Å². The van der Waals surface area contributed by atoms with E-state index in [1.54, 1.807) is 59.5 Å². The van der Waals surface area contributed by atoms with E-state index in [4.69, 9.17) is 11.6 Å². The Labute approximate surface area is 178 Å². The third kappa shape index (κ3) is 4.60. The maximum Gasteiger partial charge on any atom is 0.266 e. The lowest BCUT2D eigenvalue weighted by Crippen LogP contribution is -2.33. The monoisotopic (exact) mass is 425 g/mol. The number of rotatable bonds is 8. The van der Waals surface area contributed by atoms with Gasteiger partial charge >= 0.3 is 0 Å². The predicted octanol–water partition coefficient (Wildman–Crippen LogP) is 4.33. The fraction of sp³-hybridized carbons (Fsp3) is 0.136. The molecule has 1 amide bonds. The molecular weight excluding hydrogens is 406 g/mol. The van der Waals surface area contributed by atoms with Gasteiger partial charge < -0.3 is 4.90 Å². The van der Waals surface area contributed by atoms with Gasteiger partial charge in [-0.1, -0.05) is 59.8 Å². The lowest BCUT2D eigenvalue weighted by atomic mass is 10.2. The van der Waals surface area contributed by atoms with E-state index in [9.17, 15) is 9.59 Å². The van der Waals surface area contributed by atoms with Crippen LogP contribution >= 0.6 is 23.4 Å². The highest BCUT2D eigenvalue weighted by Crippen LogP contribution is 2.25. The molecule has 29 heavy (non-hydrogen) atoms. The summed E-state index contributed by atoms with van der Waals surface area (Å²) < 4.78 is 1.47. The van der Waals surface area contributed by atoms with Gasteiger partial charge in [0.15, 0.2) is 5.16 Å². The summed E-state index contributed by atoms with van der Waals surface area (Å²) >= 11 is 7.56. The highest BCUT2D eigenvalue weighted by atomic mass is 35.5. The van der Waals surface area contributed by atoms with Crippen molar-refractivity contribution in [3.8, 4) is 5.69 Å². The minimum Gasteiger partial charge on any atom is -0.335 e. The second-order valence-electron chi connectivity index (χ2n) is 6.17. The van der Waals surface area contributed by atoms with Crippen LogP contribution in [-0.4, -0.2) is 39.2 Å². The van der Waals surface area contributed by atoms with Gasteiger partial charge in [0.25, 0.3) is 5.56 Å². The lowest BCUT2D eigenvalue weighted by molar-refractivity contribution is -0.127. The molecule has 0 aliphatic rings. The maximum atomic E-state index is 13.2. The van der Waals surface area contributed by atoms with E-state index in [1.165, 1.54) is 16.3 Å². The number of benzene rings is 2. The van der Waals surface area contributed by atoms with Gasteiger partial charge in [-0.2, -0.15) is 0 Å². The highest BCUT2D eigenvalue weighted by Gasteiger charge is 2.18. The summed E-state index contributed by atoms with van der Waals surface area (Å²) in [4.78, 5) is 32.1. The van der Waals surface area contributed by atoms with Crippen LogP contribution in [0.5, 0.6) is 0 Å². The van der Waals surface area contributed by atoms with E-state index in [0.717, 1.165) is 0 Å². The number of nitrogens with zero attached hydrogens (tertiary/aromatic N) is 3. The molecule has 2 aromatic carbocycles. The SMILES string of the molecule is C=CCN(CC=C)C(=O)CSc1nc2ccccc2c(=O)n1-c1ccccc1Cl. The van der Waals surface area contributed by atoms with Crippen LogP contribution in [0.3, 0.4) is 0 Å². The molecule has 7 heteroatoms. The zero-order valence-corrected chi connectivity index (χ0v) is 17.3. The van der Waals surface area contributed by atoms with Crippen molar-refractivity contribution in [1.82, 2.24) is 14.5 Å². The molecule has 1 heterocycles. The van der Waals surface area contributed by atoms with Crippen molar-refractivity contribution >= 4 is 40.2 Å². The second kappa shape index (κ2) is 9.58. The van der Waals surface area contributed by atoms with Crippen molar-refractivity contribution in [3.05, 3.63) is 89.2 Å². The molecule has 3 rings (SSSR count). The number of hydrogen-bond donors (Lipinski definition) is 0. The summed E-state index contributed by atoms with van der Waals surface area (Å²) in [5.41, 5.74) is 0.874. The van der Waals surface area contributed by atoms with Crippen LogP contribution in [-0.2, 0) is 4.79 Å². The Kier molecular flexibility index (Phi) is 6.90. The zero-order chi connectivity index (χ0) is 20.8. The first-order valence-electron chi connectivity index (χ1n) is 8.96. The van der Waals surface area contributed by atoms with Gasteiger partial charge in [0.05, 0.1) is 27.4 Å². The summed E-state index contributed by atoms with van der Waals surface area (Å²) in [5, 5.41) is 1.33. The van der Waals surface area contributed by atoms with Crippen molar-refractivity contribution in [2.24, 2.45) is 0 Å². The fourth-order valence-corrected chi connectivity index (χ4v) is 3.99. The maximum absolute atomic E-state index is 13.2. The third-order valence-corrected chi connectivity index (χ3v) is 5.46. The Morgan fingerprint density at radius 2 is 1.76 bits per heavy atom. The Hall–Kier alpha value is -2.83. The van der Waals surface area contributed by atoms with E-state index in [2.05, 4.69) is 18.1 Å². The molecule has 0 radical (unpaired) electrons. The van der Waals surface area contributed by atoms with E-state index < -0.39 is 0 Å². The van der Waals surface area contributed by atoms with E-state index in [1.807, 2.05) is 6.07 Å². The average Bonchev–Trinajstić information content (AvgIpc) is 2.73. The zero-order valence-electron chi connectivity index (χ0n) is 15.8. The first kappa shape index (κ1) is 20.9. The fourth-order valence-electron chi connectivity index (χ4n) is 2.86. The quantitative estimate of drug-likeness (QED) is 0.306. The Bertz CT molecular complexity index is 1120. The number of fused-ring (bicyclic) bond motifs is 1. The van der Waals surface area contributed by atoms with Gasteiger partial charge in [-0.3, -0.25) is 14.2 Å². The third-order valence-electron chi connectivity index (χ3n) is 4.21. The Morgan fingerprint density at radius 3 is 2.45 bits per heavy atom. The number of carbonyl (C=O) groups excluding carboxylic acids is 1. The smallest absolute Gasteiger partial charge is 0.266 e. The lowest BCUT2D eigenvalue weighted by Gasteiger charge is -2.19. The van der Waals surface area contributed by atoms with Gasteiger partial charge in [0.2, 0.25) is 5.91 Å². The van der Waals surface area contributed by atoms with Crippen molar-refractivity contribution in [3.63, 3.8) is 0 Å². The summed E-state index contributed by atoms with van der Waals surface area (Å²) in [7, 11) is 0. The average molecular weight is 426 g/mol. The molecule has 0 unspecified atom stereocenters. The molecule has 5 nitrogen and oxygen atoms in total. The molecule has 0 N–H and O–H groups in total. The molecule has 0 fully saturated rings. The van der Waals surface area contributed by atoms with Crippen LogP contribution in [0.15, 0.2) is 83.8 Å². The molecule has 148 valence electrons. The number of amides is 1. The normalized spacial score (nSPS) is 10.7. The van der Waals surface area contributed by atoms with Crippen LogP contribution in [0.4, 0.5) is 0 Å². The van der Waals surface area contributed by atoms with Crippen molar-refractivity contribution in [1.29, 1.82) is 0 Å². The standard InChI is InChI=1S/C22H20ClN3O2S/c1-3-13-25(14-4-2)20(27)15-29-22-24-18-11-7-5-9-16(18)21(28)26(22)19-12-8-6-10-17(19)23/h3-12H,1-2,13-15H2. The van der Waals surface area contributed by atoms with Gasteiger partial charge in [-0.25, -0.2) is 4.98 Å². The Morgan fingerprint density at radius 1 is 1.10 bits per heavy atom. The number of carbonyl (C=O) groups is 1. The number of halogens is 1. The van der Waals surface area contributed by atoms with Crippen LogP contribution in [0.25, 0.3) is 16.6 Å². The summed E-state index contributed by atoms with van der Waals surface area (Å²) in [6.07, 6.45) is 3.33. The van der Waals surface area contributed by atoms with Crippen molar-refractivity contribution in [2.75, 3.05) is 18.8 Å². The first-order chi connectivity index (χ1) is 14.1. The van der Waals surface area contributed by atoms with Crippen molar-refractivity contribution in [2.45, 2.75) is 5.16 Å². The van der Waals surface area contributed by atoms with Crippen molar-refractivity contribution < 1.29 is 4.79 Å². The highest BCUT2D eigenvalue weighted by molar-refractivity contribution is 7.99. The number of hydrogen-bond acceptors (Lipinski definition) is 4. The van der Waals surface area contributed by atoms with Gasteiger partial charge in [0, 0.05) is 13.1 Å². The van der Waals surface area contributed by atoms with Crippen LogP contribution in [0.2, 0.25) is 5.02 Å². The minimum atomic E-state index is -0.229. The molecule has 0 aliphatic heterocycles. The largest absolute Gasteiger partial charge is 0.335 e. The topological polar surface area (TPSA) is 55.2 Å². The van der Waals surface area contributed by atoms with Crippen LogP contribution in [0.1, 0.15) is 0 Å². The van der Waals surface area contributed by atoms with E-state index in [0.29, 0.717) is 39.9 Å². The number of aromatic nitrogens is 2.